The van der Waals surface area contributed by atoms with Crippen LogP contribution in [0.1, 0.15) is 36.7 Å². The number of nitrogens with one attached hydrogen (secondary N) is 2. The molecule has 1 aliphatic rings. The van der Waals surface area contributed by atoms with Crippen molar-refractivity contribution < 1.29 is 9.53 Å². The van der Waals surface area contributed by atoms with E-state index in [-0.39, 0.29) is 5.91 Å². The minimum Gasteiger partial charge on any atom is -0.497 e. The number of piperidine rings is 1. The van der Waals surface area contributed by atoms with Gasteiger partial charge in [0.15, 0.2) is 0 Å². The molecule has 2 aromatic rings. The fourth-order valence-corrected chi connectivity index (χ4v) is 3.44. The highest BCUT2D eigenvalue weighted by molar-refractivity contribution is 5.93. The third kappa shape index (κ3) is 4.85. The molecule has 26 heavy (non-hydrogen) atoms. The monoisotopic (exact) mass is 356 g/mol. The van der Waals surface area contributed by atoms with Crippen molar-refractivity contribution >= 4 is 5.91 Å². The summed E-state index contributed by atoms with van der Waals surface area (Å²) in [6, 6.07) is 9.40. The van der Waals surface area contributed by atoms with Crippen LogP contribution in [0.25, 0.3) is 11.3 Å². The Kier molecular flexibility index (Phi) is 6.28. The van der Waals surface area contributed by atoms with Crippen LogP contribution in [0.4, 0.5) is 0 Å². The predicted molar refractivity (Wildman–Crippen MR) is 102 cm³/mol. The molecule has 6 nitrogen and oxygen atoms in total. The fourth-order valence-electron chi connectivity index (χ4n) is 3.44. The Morgan fingerprint density at radius 1 is 1.38 bits per heavy atom. The van der Waals surface area contributed by atoms with Gasteiger partial charge in [-0.15, -0.1) is 0 Å². The summed E-state index contributed by atoms with van der Waals surface area (Å²) in [6.45, 7) is 6.40. The van der Waals surface area contributed by atoms with Gasteiger partial charge in [0.05, 0.1) is 12.8 Å². The van der Waals surface area contributed by atoms with Crippen LogP contribution in [0.15, 0.2) is 30.3 Å². The molecule has 0 radical (unpaired) electrons. The second-order valence-electron chi connectivity index (χ2n) is 7.05. The SMILES string of the molecule is COc1ccc(-c2cc(C(=O)NCCCN3CCCC(C)C3)[nH]n2)cc1. The zero-order valence-electron chi connectivity index (χ0n) is 15.6. The Morgan fingerprint density at radius 2 is 2.19 bits per heavy atom. The first-order valence-electron chi connectivity index (χ1n) is 9.36. The lowest BCUT2D eigenvalue weighted by Gasteiger charge is -2.30. The van der Waals surface area contributed by atoms with E-state index in [2.05, 4.69) is 27.3 Å². The largest absolute Gasteiger partial charge is 0.497 e. The average molecular weight is 356 g/mol. The highest BCUT2D eigenvalue weighted by Crippen LogP contribution is 2.21. The second kappa shape index (κ2) is 8.85. The van der Waals surface area contributed by atoms with Gasteiger partial charge in [-0.3, -0.25) is 9.89 Å². The van der Waals surface area contributed by atoms with Crippen LogP contribution in [-0.4, -0.2) is 54.3 Å². The van der Waals surface area contributed by atoms with Crippen molar-refractivity contribution in [2.75, 3.05) is 33.3 Å². The van der Waals surface area contributed by atoms with Gasteiger partial charge in [0, 0.05) is 18.7 Å². The highest BCUT2D eigenvalue weighted by atomic mass is 16.5. The van der Waals surface area contributed by atoms with Crippen molar-refractivity contribution in [2.24, 2.45) is 5.92 Å². The van der Waals surface area contributed by atoms with Crippen molar-refractivity contribution in [2.45, 2.75) is 26.2 Å². The topological polar surface area (TPSA) is 70.2 Å². The van der Waals surface area contributed by atoms with E-state index in [4.69, 9.17) is 4.74 Å². The number of aromatic amines is 1. The van der Waals surface area contributed by atoms with Gasteiger partial charge in [-0.2, -0.15) is 5.10 Å². The molecule has 0 aliphatic carbocycles. The van der Waals surface area contributed by atoms with E-state index in [1.807, 2.05) is 24.3 Å². The summed E-state index contributed by atoms with van der Waals surface area (Å²) >= 11 is 0. The average Bonchev–Trinajstić information content (AvgIpc) is 3.15. The first-order chi connectivity index (χ1) is 12.7. The molecule has 3 rings (SSSR count). The molecular weight excluding hydrogens is 328 g/mol. The Morgan fingerprint density at radius 3 is 2.92 bits per heavy atom. The first kappa shape index (κ1) is 18.5. The quantitative estimate of drug-likeness (QED) is 0.749. The minimum atomic E-state index is -0.107. The van der Waals surface area contributed by atoms with Crippen molar-refractivity contribution in [1.82, 2.24) is 20.4 Å². The smallest absolute Gasteiger partial charge is 0.269 e. The molecular formula is C20H28N4O2. The van der Waals surface area contributed by atoms with E-state index >= 15 is 0 Å². The number of benzene rings is 1. The molecule has 0 spiro atoms. The molecule has 140 valence electrons. The predicted octanol–water partition coefficient (Wildman–Crippen LogP) is 2.94. The Bertz CT molecular complexity index is 711. The van der Waals surface area contributed by atoms with E-state index in [1.165, 1.54) is 25.9 Å². The molecule has 1 fully saturated rings. The number of carbonyl (C=O) groups excluding carboxylic acids is 1. The Labute approximate surface area is 154 Å². The van der Waals surface area contributed by atoms with Gasteiger partial charge in [0.2, 0.25) is 0 Å². The van der Waals surface area contributed by atoms with Crippen LogP contribution >= 0.6 is 0 Å². The number of methoxy groups -OCH3 is 1. The number of aromatic nitrogens is 2. The van der Waals surface area contributed by atoms with Crippen molar-refractivity contribution in [3.63, 3.8) is 0 Å². The number of H-pyrrole nitrogens is 1. The third-order valence-corrected chi connectivity index (χ3v) is 4.89. The highest BCUT2D eigenvalue weighted by Gasteiger charge is 2.16. The van der Waals surface area contributed by atoms with Crippen LogP contribution < -0.4 is 10.1 Å². The number of hydrogen-bond acceptors (Lipinski definition) is 4. The second-order valence-corrected chi connectivity index (χ2v) is 7.05. The summed E-state index contributed by atoms with van der Waals surface area (Å²) in [5.74, 6) is 1.48. The van der Waals surface area contributed by atoms with E-state index < -0.39 is 0 Å². The normalized spacial score (nSPS) is 17.8. The van der Waals surface area contributed by atoms with Gasteiger partial charge in [-0.1, -0.05) is 6.92 Å². The lowest BCUT2D eigenvalue weighted by Crippen LogP contribution is -2.36. The van der Waals surface area contributed by atoms with Gasteiger partial charge in [-0.25, -0.2) is 0 Å². The summed E-state index contributed by atoms with van der Waals surface area (Å²) in [6.07, 6.45) is 3.59. The minimum absolute atomic E-state index is 0.107. The zero-order valence-corrected chi connectivity index (χ0v) is 15.6. The number of carbonyl (C=O) groups is 1. The van der Waals surface area contributed by atoms with E-state index in [9.17, 15) is 4.79 Å². The number of amides is 1. The fraction of sp³-hybridized carbons (Fsp3) is 0.500. The Balaban J connectivity index is 1.45. The van der Waals surface area contributed by atoms with E-state index in [1.54, 1.807) is 13.2 Å². The van der Waals surface area contributed by atoms with Crippen molar-refractivity contribution in [3.8, 4) is 17.0 Å². The molecule has 2 heterocycles. The summed E-state index contributed by atoms with van der Waals surface area (Å²) in [5, 5.41) is 10.0. The van der Waals surface area contributed by atoms with Gasteiger partial charge in [-0.05, 0) is 68.6 Å². The Hall–Kier alpha value is -2.34. The standard InChI is InChI=1S/C20H28N4O2/c1-15-5-3-11-24(14-15)12-4-10-21-20(25)19-13-18(22-23-19)16-6-8-17(26-2)9-7-16/h6-9,13,15H,3-5,10-12,14H2,1-2H3,(H,21,25)(H,22,23). The molecule has 1 unspecified atom stereocenters. The van der Waals surface area contributed by atoms with Crippen LogP contribution in [-0.2, 0) is 0 Å². The van der Waals surface area contributed by atoms with Gasteiger partial charge >= 0.3 is 0 Å². The maximum Gasteiger partial charge on any atom is 0.269 e. The number of ether oxygens (including phenoxy) is 1. The lowest BCUT2D eigenvalue weighted by molar-refractivity contribution is 0.0945. The number of likely N-dealkylation sites (tertiary alicyclic amines) is 1. The summed E-state index contributed by atoms with van der Waals surface area (Å²) < 4.78 is 5.16. The molecule has 6 heteroatoms. The van der Waals surface area contributed by atoms with Gasteiger partial charge in [0.1, 0.15) is 11.4 Å². The molecule has 2 N–H and O–H groups in total. The lowest BCUT2D eigenvalue weighted by atomic mass is 10.0. The molecule has 1 aliphatic heterocycles. The molecule has 1 amide bonds. The van der Waals surface area contributed by atoms with Crippen LogP contribution in [0.3, 0.4) is 0 Å². The summed E-state index contributed by atoms with van der Waals surface area (Å²) in [5.41, 5.74) is 2.18. The molecule has 1 aromatic carbocycles. The first-order valence-corrected chi connectivity index (χ1v) is 9.36. The molecule has 1 atom stereocenters. The number of nitrogens with zero attached hydrogens (tertiary/aromatic N) is 2. The molecule has 0 saturated carbocycles. The van der Waals surface area contributed by atoms with Gasteiger partial charge in [0.25, 0.3) is 5.91 Å². The van der Waals surface area contributed by atoms with Crippen LogP contribution in [0, 0.1) is 5.92 Å². The summed E-state index contributed by atoms with van der Waals surface area (Å²) in [4.78, 5) is 14.8. The zero-order chi connectivity index (χ0) is 18.4. The van der Waals surface area contributed by atoms with Crippen molar-refractivity contribution in [3.05, 3.63) is 36.0 Å². The van der Waals surface area contributed by atoms with Crippen LogP contribution in [0.2, 0.25) is 0 Å². The summed E-state index contributed by atoms with van der Waals surface area (Å²) in [7, 11) is 1.64. The van der Waals surface area contributed by atoms with E-state index in [0.717, 1.165) is 35.9 Å². The molecule has 1 saturated heterocycles. The van der Waals surface area contributed by atoms with E-state index in [0.29, 0.717) is 12.2 Å². The molecule has 1 aromatic heterocycles. The number of hydrogen-bond donors (Lipinski definition) is 2. The van der Waals surface area contributed by atoms with Gasteiger partial charge < -0.3 is 15.0 Å². The number of rotatable bonds is 7. The van der Waals surface area contributed by atoms with Crippen LogP contribution in [0.5, 0.6) is 5.75 Å². The van der Waals surface area contributed by atoms with Crippen molar-refractivity contribution in [1.29, 1.82) is 0 Å². The maximum atomic E-state index is 12.3. The third-order valence-electron chi connectivity index (χ3n) is 4.89. The molecule has 0 bridgehead atoms. The maximum absolute atomic E-state index is 12.3.